The number of benzene rings is 1. The molecule has 1 aromatic heterocycles. The number of hydrogen-bond acceptors (Lipinski definition) is 6. The minimum atomic E-state index is -4.79. The van der Waals surface area contributed by atoms with Gasteiger partial charge in [-0.1, -0.05) is 23.5 Å². The highest BCUT2D eigenvalue weighted by atomic mass is 32.1. The Kier molecular flexibility index (Phi) is 6.02. The van der Waals surface area contributed by atoms with Gasteiger partial charge in [0.05, 0.1) is 5.56 Å². The first-order chi connectivity index (χ1) is 13.5. The molecule has 6 nitrogen and oxygen atoms in total. The van der Waals surface area contributed by atoms with Crippen LogP contribution in [0.25, 0.3) is 10.6 Å². The van der Waals surface area contributed by atoms with Crippen LogP contribution in [0.2, 0.25) is 0 Å². The number of amides is 1. The molecule has 1 atom stereocenters. The predicted octanol–water partition coefficient (Wildman–Crippen LogP) is 5.22. The highest BCUT2D eigenvalue weighted by molar-refractivity contribution is 7.14. The fourth-order valence-electron chi connectivity index (χ4n) is 3.04. The van der Waals surface area contributed by atoms with E-state index in [1.807, 2.05) is 20.8 Å². The van der Waals surface area contributed by atoms with Crippen molar-refractivity contribution in [2.75, 3.05) is 13.1 Å². The van der Waals surface area contributed by atoms with Crippen molar-refractivity contribution in [3.8, 4) is 16.3 Å². The number of carbonyl (C=O) groups is 1. The van der Waals surface area contributed by atoms with Gasteiger partial charge in [-0.15, -0.1) is 23.4 Å². The zero-order chi connectivity index (χ0) is 21.2. The molecule has 0 spiro atoms. The van der Waals surface area contributed by atoms with Gasteiger partial charge in [0.1, 0.15) is 16.4 Å². The van der Waals surface area contributed by atoms with E-state index in [-0.39, 0.29) is 23.3 Å². The van der Waals surface area contributed by atoms with Crippen molar-refractivity contribution in [3.05, 3.63) is 29.3 Å². The van der Waals surface area contributed by atoms with Crippen LogP contribution in [0.15, 0.2) is 24.3 Å². The fourth-order valence-corrected chi connectivity index (χ4v) is 4.04. The summed E-state index contributed by atoms with van der Waals surface area (Å²) in [6, 6.07) is 5.84. The molecule has 158 valence electrons. The van der Waals surface area contributed by atoms with E-state index in [2.05, 4.69) is 14.9 Å². The SMILES string of the molecule is CC(C)(C)OC(=O)N1CCCC(c2nnc(-c3ccccc3OC(F)(F)F)s2)C1. The van der Waals surface area contributed by atoms with Crippen LogP contribution < -0.4 is 4.74 Å². The third-order valence-corrected chi connectivity index (χ3v) is 5.33. The quantitative estimate of drug-likeness (QED) is 0.670. The molecule has 1 aromatic carbocycles. The molecular weight excluding hydrogens is 407 g/mol. The summed E-state index contributed by atoms with van der Waals surface area (Å²) in [7, 11) is 0. The van der Waals surface area contributed by atoms with Crippen molar-refractivity contribution in [2.24, 2.45) is 0 Å². The molecule has 1 amide bonds. The van der Waals surface area contributed by atoms with Crippen LogP contribution in [0.1, 0.15) is 44.5 Å². The topological polar surface area (TPSA) is 64.5 Å². The average Bonchev–Trinajstić information content (AvgIpc) is 3.09. The molecular formula is C19H22F3N3O3S. The second kappa shape index (κ2) is 8.17. The Hall–Kier alpha value is -2.36. The zero-order valence-corrected chi connectivity index (χ0v) is 17.1. The number of hydrogen-bond donors (Lipinski definition) is 0. The third-order valence-electron chi connectivity index (χ3n) is 4.21. The van der Waals surface area contributed by atoms with Crippen molar-refractivity contribution in [1.29, 1.82) is 0 Å². The standard InChI is InChI=1S/C19H22F3N3O3S/c1-18(2,3)28-17(26)25-10-6-7-12(11-25)15-23-24-16(29-15)13-8-4-5-9-14(13)27-19(20,21)22/h4-5,8-9,12H,6-7,10-11H2,1-3H3. The Morgan fingerprint density at radius 2 is 1.93 bits per heavy atom. The van der Waals surface area contributed by atoms with Crippen molar-refractivity contribution < 1.29 is 27.4 Å². The molecule has 1 aliphatic rings. The summed E-state index contributed by atoms with van der Waals surface area (Å²) in [4.78, 5) is 14.0. The second-order valence-corrected chi connectivity index (χ2v) is 8.76. The average molecular weight is 429 g/mol. The van der Waals surface area contributed by atoms with Crippen LogP contribution in [0.3, 0.4) is 0 Å². The third kappa shape index (κ3) is 5.81. The molecule has 29 heavy (non-hydrogen) atoms. The van der Waals surface area contributed by atoms with Gasteiger partial charge in [0.25, 0.3) is 0 Å². The monoisotopic (exact) mass is 429 g/mol. The van der Waals surface area contributed by atoms with Gasteiger partial charge >= 0.3 is 12.5 Å². The largest absolute Gasteiger partial charge is 0.573 e. The summed E-state index contributed by atoms with van der Waals surface area (Å²) >= 11 is 1.21. The van der Waals surface area contributed by atoms with Gasteiger partial charge in [-0.3, -0.25) is 0 Å². The summed E-state index contributed by atoms with van der Waals surface area (Å²) in [5, 5.41) is 9.26. The minimum Gasteiger partial charge on any atom is -0.444 e. The summed E-state index contributed by atoms with van der Waals surface area (Å²) < 4.78 is 47.5. The van der Waals surface area contributed by atoms with E-state index in [1.165, 1.54) is 29.5 Å². The van der Waals surface area contributed by atoms with Gasteiger partial charge in [-0.2, -0.15) is 0 Å². The molecule has 0 N–H and O–H groups in total. The molecule has 1 aliphatic heterocycles. The van der Waals surface area contributed by atoms with E-state index < -0.39 is 12.0 Å². The normalized spacial score (nSPS) is 17.9. The Balaban J connectivity index is 1.76. The summed E-state index contributed by atoms with van der Waals surface area (Å²) in [5.74, 6) is -0.361. The molecule has 0 radical (unpaired) electrons. The maximum atomic E-state index is 12.7. The Bertz CT molecular complexity index is 864. The van der Waals surface area contributed by atoms with E-state index in [0.717, 1.165) is 12.8 Å². The maximum absolute atomic E-state index is 12.7. The molecule has 1 fully saturated rings. The van der Waals surface area contributed by atoms with Crippen LogP contribution in [-0.4, -0.2) is 46.2 Å². The van der Waals surface area contributed by atoms with Crippen molar-refractivity contribution in [3.63, 3.8) is 0 Å². The van der Waals surface area contributed by atoms with Crippen LogP contribution in [0.4, 0.5) is 18.0 Å². The molecule has 3 rings (SSSR count). The molecule has 2 aromatic rings. The number of halogens is 3. The molecule has 0 saturated carbocycles. The summed E-state index contributed by atoms with van der Waals surface area (Å²) in [6.07, 6.45) is -3.57. The van der Waals surface area contributed by atoms with Gasteiger partial charge in [0.15, 0.2) is 5.01 Å². The molecule has 0 bridgehead atoms. The number of piperidine rings is 1. The van der Waals surface area contributed by atoms with Crippen LogP contribution >= 0.6 is 11.3 Å². The molecule has 0 aliphatic carbocycles. The molecule has 1 unspecified atom stereocenters. The lowest BCUT2D eigenvalue weighted by Gasteiger charge is -2.33. The second-order valence-electron chi connectivity index (χ2n) is 7.75. The van der Waals surface area contributed by atoms with Crippen molar-refractivity contribution >= 4 is 17.4 Å². The van der Waals surface area contributed by atoms with Gasteiger partial charge in [0.2, 0.25) is 0 Å². The fraction of sp³-hybridized carbons (Fsp3) is 0.526. The Morgan fingerprint density at radius 1 is 1.21 bits per heavy atom. The molecule has 10 heteroatoms. The van der Waals surface area contributed by atoms with E-state index in [0.29, 0.717) is 23.1 Å². The van der Waals surface area contributed by atoms with Gasteiger partial charge in [-0.05, 0) is 45.7 Å². The lowest BCUT2D eigenvalue weighted by Crippen LogP contribution is -2.42. The van der Waals surface area contributed by atoms with Gasteiger partial charge in [0, 0.05) is 19.0 Å². The number of nitrogens with zero attached hydrogens (tertiary/aromatic N) is 3. The zero-order valence-electron chi connectivity index (χ0n) is 16.3. The highest BCUT2D eigenvalue weighted by Crippen LogP contribution is 2.38. The number of rotatable bonds is 3. The molecule has 2 heterocycles. The van der Waals surface area contributed by atoms with Gasteiger partial charge in [-0.25, -0.2) is 4.79 Å². The first-order valence-electron chi connectivity index (χ1n) is 9.18. The van der Waals surface area contributed by atoms with Crippen molar-refractivity contribution in [1.82, 2.24) is 15.1 Å². The highest BCUT2D eigenvalue weighted by Gasteiger charge is 2.33. The predicted molar refractivity (Wildman–Crippen MR) is 102 cm³/mol. The van der Waals surface area contributed by atoms with Crippen LogP contribution in [-0.2, 0) is 4.74 Å². The number of ether oxygens (including phenoxy) is 2. The summed E-state index contributed by atoms with van der Waals surface area (Å²) in [6.45, 7) is 6.46. The van der Waals surface area contributed by atoms with E-state index in [1.54, 1.807) is 11.0 Å². The van der Waals surface area contributed by atoms with Crippen LogP contribution in [0.5, 0.6) is 5.75 Å². The lowest BCUT2D eigenvalue weighted by molar-refractivity contribution is -0.274. The van der Waals surface area contributed by atoms with Crippen molar-refractivity contribution in [2.45, 2.75) is 51.5 Å². The van der Waals surface area contributed by atoms with Crippen LogP contribution in [0, 0.1) is 0 Å². The first kappa shape index (κ1) is 21.4. The number of alkyl halides is 3. The Morgan fingerprint density at radius 3 is 2.62 bits per heavy atom. The smallest absolute Gasteiger partial charge is 0.444 e. The Labute approximate surface area is 170 Å². The first-order valence-corrected chi connectivity index (χ1v) is 10.00. The van der Waals surface area contributed by atoms with E-state index in [4.69, 9.17) is 4.74 Å². The maximum Gasteiger partial charge on any atom is 0.573 e. The van der Waals surface area contributed by atoms with Gasteiger partial charge < -0.3 is 14.4 Å². The lowest BCUT2D eigenvalue weighted by atomic mass is 9.99. The minimum absolute atomic E-state index is 0.0433. The number of likely N-dealkylation sites (tertiary alicyclic amines) is 1. The number of para-hydroxylation sites is 1. The summed E-state index contributed by atoms with van der Waals surface area (Å²) in [5.41, 5.74) is -0.351. The molecule has 1 saturated heterocycles. The van der Waals surface area contributed by atoms with E-state index in [9.17, 15) is 18.0 Å². The number of aromatic nitrogens is 2. The van der Waals surface area contributed by atoms with E-state index >= 15 is 0 Å². The number of carbonyl (C=O) groups excluding carboxylic acids is 1.